The van der Waals surface area contributed by atoms with Gasteiger partial charge in [-0.25, -0.2) is 8.78 Å². The number of rotatable bonds is 6. The minimum Gasteiger partial charge on any atom is -0.315 e. The number of aryl methyl sites for hydroxylation is 1. The summed E-state index contributed by atoms with van der Waals surface area (Å²) >= 11 is 0. The third-order valence-corrected chi connectivity index (χ3v) is 2.70. The standard InChI is InChI=1S/C14H19F2NO/c1-9(2)17-8-4-5-12(18)13-11(15)7-6-10(3)14(13)16/h6-7,9,17H,4-5,8H2,1-3H3. The summed E-state index contributed by atoms with van der Waals surface area (Å²) in [5.41, 5.74) is -0.111. The van der Waals surface area contributed by atoms with Gasteiger partial charge in [0.25, 0.3) is 0 Å². The second kappa shape index (κ2) is 6.59. The van der Waals surface area contributed by atoms with Gasteiger partial charge in [-0.15, -0.1) is 0 Å². The van der Waals surface area contributed by atoms with Crippen molar-refractivity contribution in [2.45, 2.75) is 39.7 Å². The van der Waals surface area contributed by atoms with Gasteiger partial charge in [-0.05, 0) is 31.5 Å². The van der Waals surface area contributed by atoms with Crippen molar-refractivity contribution in [3.8, 4) is 0 Å². The molecule has 2 nitrogen and oxygen atoms in total. The molecule has 0 amide bonds. The molecular weight excluding hydrogens is 236 g/mol. The van der Waals surface area contributed by atoms with Crippen molar-refractivity contribution in [1.82, 2.24) is 5.32 Å². The minimum atomic E-state index is -0.778. The first kappa shape index (κ1) is 14.8. The molecule has 18 heavy (non-hydrogen) atoms. The van der Waals surface area contributed by atoms with E-state index in [0.29, 0.717) is 24.6 Å². The van der Waals surface area contributed by atoms with Crippen molar-refractivity contribution in [3.63, 3.8) is 0 Å². The van der Waals surface area contributed by atoms with Crippen LogP contribution in [0.3, 0.4) is 0 Å². The second-order valence-electron chi connectivity index (χ2n) is 4.69. The van der Waals surface area contributed by atoms with Crippen LogP contribution >= 0.6 is 0 Å². The number of carbonyl (C=O) groups is 1. The molecule has 0 radical (unpaired) electrons. The van der Waals surface area contributed by atoms with Gasteiger partial charge in [0, 0.05) is 12.5 Å². The highest BCUT2D eigenvalue weighted by molar-refractivity contribution is 5.96. The van der Waals surface area contributed by atoms with Gasteiger partial charge < -0.3 is 5.32 Å². The second-order valence-corrected chi connectivity index (χ2v) is 4.69. The maximum Gasteiger partial charge on any atom is 0.168 e. The lowest BCUT2D eigenvalue weighted by Gasteiger charge is -2.08. The first-order valence-corrected chi connectivity index (χ1v) is 6.14. The molecular formula is C14H19F2NO. The van der Waals surface area contributed by atoms with E-state index in [1.54, 1.807) is 0 Å². The van der Waals surface area contributed by atoms with E-state index in [1.165, 1.54) is 13.0 Å². The van der Waals surface area contributed by atoms with Crippen LogP contribution in [-0.2, 0) is 0 Å². The smallest absolute Gasteiger partial charge is 0.168 e. The minimum absolute atomic E-state index is 0.150. The van der Waals surface area contributed by atoms with Crippen LogP contribution in [0.15, 0.2) is 12.1 Å². The Morgan fingerprint density at radius 1 is 1.33 bits per heavy atom. The molecule has 1 N–H and O–H groups in total. The van der Waals surface area contributed by atoms with E-state index in [-0.39, 0.29) is 6.42 Å². The zero-order chi connectivity index (χ0) is 13.7. The van der Waals surface area contributed by atoms with E-state index in [1.807, 2.05) is 13.8 Å². The van der Waals surface area contributed by atoms with E-state index in [2.05, 4.69) is 5.32 Å². The molecule has 0 aliphatic heterocycles. The first-order valence-electron chi connectivity index (χ1n) is 6.14. The molecule has 0 bridgehead atoms. The molecule has 1 aromatic carbocycles. The molecule has 0 saturated carbocycles. The molecule has 0 unspecified atom stereocenters. The van der Waals surface area contributed by atoms with Crippen LogP contribution in [0.5, 0.6) is 0 Å². The summed E-state index contributed by atoms with van der Waals surface area (Å²) in [7, 11) is 0. The molecule has 0 spiro atoms. The maximum absolute atomic E-state index is 13.7. The molecule has 0 aliphatic carbocycles. The molecule has 1 rings (SSSR count). The summed E-state index contributed by atoms with van der Waals surface area (Å²) in [6, 6.07) is 2.81. The summed E-state index contributed by atoms with van der Waals surface area (Å²) < 4.78 is 27.1. The quantitative estimate of drug-likeness (QED) is 0.624. The van der Waals surface area contributed by atoms with Crippen molar-refractivity contribution < 1.29 is 13.6 Å². The van der Waals surface area contributed by atoms with Crippen LogP contribution in [0.25, 0.3) is 0 Å². The number of benzene rings is 1. The Kier molecular flexibility index (Phi) is 5.41. The molecule has 0 heterocycles. The Labute approximate surface area is 106 Å². The van der Waals surface area contributed by atoms with Gasteiger partial charge in [0.1, 0.15) is 11.6 Å². The normalized spacial score (nSPS) is 11.0. The number of nitrogens with one attached hydrogen (secondary N) is 1. The number of Topliss-reactive ketones (excluding diaryl/α,β-unsaturated/α-hetero) is 1. The summed E-state index contributed by atoms with van der Waals surface area (Å²) in [5, 5.41) is 3.15. The molecule has 0 aromatic heterocycles. The highest BCUT2D eigenvalue weighted by Gasteiger charge is 2.18. The fourth-order valence-corrected chi connectivity index (χ4v) is 1.68. The van der Waals surface area contributed by atoms with Crippen molar-refractivity contribution in [2.75, 3.05) is 6.54 Å². The van der Waals surface area contributed by atoms with Gasteiger partial charge in [-0.3, -0.25) is 4.79 Å². The fraction of sp³-hybridized carbons (Fsp3) is 0.500. The lowest BCUT2D eigenvalue weighted by molar-refractivity contribution is 0.0971. The number of hydrogen-bond acceptors (Lipinski definition) is 2. The Morgan fingerprint density at radius 3 is 2.61 bits per heavy atom. The van der Waals surface area contributed by atoms with Crippen LogP contribution in [0.1, 0.15) is 42.6 Å². The average Bonchev–Trinajstić information content (AvgIpc) is 2.30. The van der Waals surface area contributed by atoms with Crippen LogP contribution in [0.2, 0.25) is 0 Å². The molecule has 0 fully saturated rings. The third-order valence-electron chi connectivity index (χ3n) is 2.70. The Balaban J connectivity index is 2.65. The highest BCUT2D eigenvalue weighted by atomic mass is 19.1. The lowest BCUT2D eigenvalue weighted by atomic mass is 10.0. The van der Waals surface area contributed by atoms with Gasteiger partial charge in [0.2, 0.25) is 0 Å². The van der Waals surface area contributed by atoms with E-state index in [4.69, 9.17) is 0 Å². The van der Waals surface area contributed by atoms with Gasteiger partial charge in [0.15, 0.2) is 5.78 Å². The Hall–Kier alpha value is -1.29. The zero-order valence-corrected chi connectivity index (χ0v) is 11.0. The number of hydrogen-bond donors (Lipinski definition) is 1. The fourth-order valence-electron chi connectivity index (χ4n) is 1.68. The summed E-state index contributed by atoms with van der Waals surface area (Å²) in [6.45, 7) is 6.19. The van der Waals surface area contributed by atoms with Gasteiger partial charge >= 0.3 is 0 Å². The SMILES string of the molecule is Cc1ccc(F)c(C(=O)CCCNC(C)C)c1F. The lowest BCUT2D eigenvalue weighted by Crippen LogP contribution is -2.24. The van der Waals surface area contributed by atoms with E-state index >= 15 is 0 Å². The van der Waals surface area contributed by atoms with E-state index in [9.17, 15) is 13.6 Å². The van der Waals surface area contributed by atoms with Gasteiger partial charge in [0.05, 0.1) is 5.56 Å². The molecule has 1 aromatic rings. The van der Waals surface area contributed by atoms with Crippen LogP contribution < -0.4 is 5.32 Å². The predicted molar refractivity (Wildman–Crippen MR) is 67.8 cm³/mol. The average molecular weight is 255 g/mol. The molecule has 4 heteroatoms. The van der Waals surface area contributed by atoms with Gasteiger partial charge in [-0.2, -0.15) is 0 Å². The van der Waals surface area contributed by atoms with E-state index in [0.717, 1.165) is 6.07 Å². The van der Waals surface area contributed by atoms with Crippen molar-refractivity contribution in [3.05, 3.63) is 34.9 Å². The first-order chi connectivity index (χ1) is 8.43. The summed E-state index contributed by atoms with van der Waals surface area (Å²) in [6.07, 6.45) is 0.723. The number of ketones is 1. The number of halogens is 2. The van der Waals surface area contributed by atoms with Crippen molar-refractivity contribution in [1.29, 1.82) is 0 Å². The van der Waals surface area contributed by atoms with Crippen LogP contribution in [-0.4, -0.2) is 18.4 Å². The topological polar surface area (TPSA) is 29.1 Å². The molecule has 0 atom stereocenters. The largest absolute Gasteiger partial charge is 0.315 e. The summed E-state index contributed by atoms with van der Waals surface area (Å²) in [4.78, 5) is 11.8. The van der Waals surface area contributed by atoms with Gasteiger partial charge in [-0.1, -0.05) is 19.9 Å². The number of carbonyl (C=O) groups excluding carboxylic acids is 1. The maximum atomic E-state index is 13.7. The van der Waals surface area contributed by atoms with E-state index < -0.39 is 23.0 Å². The van der Waals surface area contributed by atoms with Crippen molar-refractivity contribution >= 4 is 5.78 Å². The van der Waals surface area contributed by atoms with Crippen LogP contribution in [0, 0.1) is 18.6 Å². The molecule has 100 valence electrons. The summed E-state index contributed by atoms with van der Waals surface area (Å²) in [5.74, 6) is -1.99. The monoisotopic (exact) mass is 255 g/mol. The molecule has 0 saturated heterocycles. The van der Waals surface area contributed by atoms with Crippen LogP contribution in [0.4, 0.5) is 8.78 Å². The van der Waals surface area contributed by atoms with Crippen molar-refractivity contribution in [2.24, 2.45) is 0 Å². The highest BCUT2D eigenvalue weighted by Crippen LogP contribution is 2.18. The molecule has 0 aliphatic rings. The zero-order valence-electron chi connectivity index (χ0n) is 11.0. The predicted octanol–water partition coefficient (Wildman–Crippen LogP) is 3.23. The Morgan fingerprint density at radius 2 is 2.00 bits per heavy atom. The Bertz CT molecular complexity index is 430. The third kappa shape index (κ3) is 3.88.